The highest BCUT2D eigenvalue weighted by atomic mass is 16.3. The quantitative estimate of drug-likeness (QED) is 0.504. The smallest absolute Gasteiger partial charge is 0.0565 e. The van der Waals surface area contributed by atoms with E-state index in [2.05, 4.69) is 0 Å². The van der Waals surface area contributed by atoms with Gasteiger partial charge in [-0.1, -0.05) is 6.92 Å². The fourth-order valence-corrected chi connectivity index (χ4v) is 0.806. The molecule has 0 amide bonds. The highest BCUT2D eigenvalue weighted by molar-refractivity contribution is 4.59. The van der Waals surface area contributed by atoms with E-state index in [0.717, 1.165) is 0 Å². The van der Waals surface area contributed by atoms with Gasteiger partial charge < -0.3 is 15.3 Å². The Labute approximate surface area is 61.3 Å². The summed E-state index contributed by atoms with van der Waals surface area (Å²) in [7, 11) is 0. The van der Waals surface area contributed by atoms with E-state index in [4.69, 9.17) is 15.3 Å². The summed E-state index contributed by atoms with van der Waals surface area (Å²) >= 11 is 0. The van der Waals surface area contributed by atoms with E-state index in [1.165, 1.54) is 0 Å². The van der Waals surface area contributed by atoms with Gasteiger partial charge in [0.15, 0.2) is 0 Å². The van der Waals surface area contributed by atoms with Crippen molar-refractivity contribution < 1.29 is 15.3 Å². The molecule has 0 aliphatic heterocycles. The summed E-state index contributed by atoms with van der Waals surface area (Å²) in [6, 6.07) is 0. The van der Waals surface area contributed by atoms with Crippen LogP contribution in [0.1, 0.15) is 19.8 Å². The molecule has 0 fully saturated rings. The van der Waals surface area contributed by atoms with E-state index >= 15 is 0 Å². The predicted molar refractivity (Wildman–Crippen MR) is 38.6 cm³/mol. The van der Waals surface area contributed by atoms with Crippen LogP contribution in [0.5, 0.6) is 0 Å². The average Bonchev–Trinajstić information content (AvgIpc) is 1.88. The lowest BCUT2D eigenvalue weighted by Gasteiger charge is -2.12. The van der Waals surface area contributed by atoms with Crippen LogP contribution in [0.15, 0.2) is 0 Å². The Hall–Kier alpha value is -0.120. The molecule has 62 valence electrons. The predicted octanol–water partition coefficient (Wildman–Crippen LogP) is -0.252. The molecule has 0 radical (unpaired) electrons. The van der Waals surface area contributed by atoms with E-state index in [-0.39, 0.29) is 19.1 Å². The lowest BCUT2D eigenvalue weighted by Crippen LogP contribution is -2.15. The summed E-state index contributed by atoms with van der Waals surface area (Å²) in [5.41, 5.74) is 0. The monoisotopic (exact) mass is 148 g/mol. The average molecular weight is 148 g/mol. The molecule has 0 rings (SSSR count). The number of aliphatic hydroxyl groups is 3. The van der Waals surface area contributed by atoms with Crippen LogP contribution < -0.4 is 0 Å². The first-order chi connectivity index (χ1) is 4.70. The Morgan fingerprint density at radius 1 is 1.30 bits per heavy atom. The van der Waals surface area contributed by atoms with Gasteiger partial charge in [0.2, 0.25) is 0 Å². The molecule has 0 saturated carbocycles. The van der Waals surface area contributed by atoms with Crippen LogP contribution in [0.3, 0.4) is 0 Å². The van der Waals surface area contributed by atoms with E-state index in [1.807, 2.05) is 6.92 Å². The van der Waals surface area contributed by atoms with Gasteiger partial charge >= 0.3 is 0 Å². The molecule has 0 spiro atoms. The Morgan fingerprint density at radius 3 is 2.30 bits per heavy atom. The second-order valence-corrected chi connectivity index (χ2v) is 2.69. The van der Waals surface area contributed by atoms with Crippen molar-refractivity contribution >= 4 is 0 Å². The maximum Gasteiger partial charge on any atom is 0.0565 e. The first-order valence-corrected chi connectivity index (χ1v) is 3.60. The van der Waals surface area contributed by atoms with Crippen molar-refractivity contribution in [1.82, 2.24) is 0 Å². The Morgan fingerprint density at radius 2 is 1.90 bits per heavy atom. The molecule has 3 heteroatoms. The summed E-state index contributed by atoms with van der Waals surface area (Å²) < 4.78 is 0. The van der Waals surface area contributed by atoms with Crippen LogP contribution in [-0.4, -0.2) is 34.6 Å². The first kappa shape index (κ1) is 9.88. The largest absolute Gasteiger partial charge is 0.396 e. The standard InChI is InChI=1S/C7H16O3/c1-6(5-9)4-7(10)2-3-8/h6-10H,2-5H2,1H3. The highest BCUT2D eigenvalue weighted by Gasteiger charge is 2.07. The van der Waals surface area contributed by atoms with Gasteiger partial charge in [-0.2, -0.15) is 0 Å². The zero-order valence-corrected chi connectivity index (χ0v) is 6.32. The van der Waals surface area contributed by atoms with Crippen LogP contribution in [0.2, 0.25) is 0 Å². The zero-order chi connectivity index (χ0) is 7.98. The molecule has 3 N–H and O–H groups in total. The second-order valence-electron chi connectivity index (χ2n) is 2.69. The van der Waals surface area contributed by atoms with Gasteiger partial charge in [-0.25, -0.2) is 0 Å². The number of hydrogen-bond donors (Lipinski definition) is 3. The molecule has 0 heterocycles. The van der Waals surface area contributed by atoms with E-state index in [9.17, 15) is 0 Å². The second kappa shape index (κ2) is 5.65. The molecule has 3 nitrogen and oxygen atoms in total. The van der Waals surface area contributed by atoms with Crippen molar-refractivity contribution in [2.24, 2.45) is 5.92 Å². The Kier molecular flexibility index (Phi) is 5.58. The first-order valence-electron chi connectivity index (χ1n) is 3.60. The van der Waals surface area contributed by atoms with Gasteiger partial charge in [0.25, 0.3) is 0 Å². The highest BCUT2D eigenvalue weighted by Crippen LogP contribution is 2.06. The van der Waals surface area contributed by atoms with Crippen molar-refractivity contribution in [1.29, 1.82) is 0 Å². The summed E-state index contributed by atoms with van der Waals surface area (Å²) in [4.78, 5) is 0. The maximum atomic E-state index is 9.08. The molecule has 0 aliphatic rings. The number of hydrogen-bond acceptors (Lipinski definition) is 3. The lowest BCUT2D eigenvalue weighted by atomic mass is 10.0. The van der Waals surface area contributed by atoms with Crippen molar-refractivity contribution in [2.75, 3.05) is 13.2 Å². The lowest BCUT2D eigenvalue weighted by molar-refractivity contribution is 0.0957. The molecule has 0 aliphatic carbocycles. The van der Waals surface area contributed by atoms with Crippen molar-refractivity contribution in [3.63, 3.8) is 0 Å². The molecule has 0 aromatic rings. The van der Waals surface area contributed by atoms with Crippen LogP contribution in [0, 0.1) is 5.92 Å². The minimum absolute atomic E-state index is 0.0132. The van der Waals surface area contributed by atoms with Crippen molar-refractivity contribution in [3.05, 3.63) is 0 Å². The third kappa shape index (κ3) is 4.73. The third-order valence-corrected chi connectivity index (χ3v) is 1.45. The fraction of sp³-hybridized carbons (Fsp3) is 1.00. The molecule has 0 aromatic carbocycles. The van der Waals surface area contributed by atoms with Crippen LogP contribution in [0.25, 0.3) is 0 Å². The topological polar surface area (TPSA) is 60.7 Å². The zero-order valence-electron chi connectivity index (χ0n) is 6.32. The van der Waals surface area contributed by atoms with Gasteiger partial charge in [-0.05, 0) is 18.8 Å². The molecule has 2 atom stereocenters. The van der Waals surface area contributed by atoms with Crippen molar-refractivity contribution in [2.45, 2.75) is 25.9 Å². The van der Waals surface area contributed by atoms with Gasteiger partial charge in [-0.15, -0.1) is 0 Å². The SMILES string of the molecule is CC(CO)CC(O)CCO. The van der Waals surface area contributed by atoms with E-state index < -0.39 is 6.10 Å². The Balaban J connectivity index is 3.27. The molecular formula is C7H16O3. The van der Waals surface area contributed by atoms with Gasteiger partial charge in [0.1, 0.15) is 0 Å². The number of aliphatic hydroxyl groups excluding tert-OH is 3. The van der Waals surface area contributed by atoms with Gasteiger partial charge in [0.05, 0.1) is 6.10 Å². The molecule has 0 bridgehead atoms. The summed E-state index contributed by atoms with van der Waals surface area (Å²) in [5, 5.41) is 26.1. The Bertz CT molecular complexity index is 75.3. The molecule has 10 heavy (non-hydrogen) atoms. The normalized spacial score (nSPS) is 16.8. The minimum Gasteiger partial charge on any atom is -0.396 e. The maximum absolute atomic E-state index is 9.08. The molecule has 2 unspecified atom stereocenters. The van der Waals surface area contributed by atoms with Gasteiger partial charge in [-0.3, -0.25) is 0 Å². The summed E-state index contributed by atoms with van der Waals surface area (Å²) in [5.74, 6) is 0.126. The number of rotatable bonds is 5. The van der Waals surface area contributed by atoms with Crippen LogP contribution >= 0.6 is 0 Å². The fourth-order valence-electron chi connectivity index (χ4n) is 0.806. The summed E-state index contributed by atoms with van der Waals surface area (Å²) in [6.07, 6.45) is 0.508. The van der Waals surface area contributed by atoms with Crippen molar-refractivity contribution in [3.8, 4) is 0 Å². The molecule has 0 aromatic heterocycles. The van der Waals surface area contributed by atoms with Gasteiger partial charge in [0, 0.05) is 13.2 Å². The van der Waals surface area contributed by atoms with E-state index in [0.29, 0.717) is 12.8 Å². The summed E-state index contributed by atoms with van der Waals surface area (Å²) in [6.45, 7) is 1.97. The molecule has 0 saturated heterocycles. The minimum atomic E-state index is -0.466. The molecular weight excluding hydrogens is 132 g/mol. The van der Waals surface area contributed by atoms with Crippen LogP contribution in [0.4, 0.5) is 0 Å². The third-order valence-electron chi connectivity index (χ3n) is 1.45. The van der Waals surface area contributed by atoms with E-state index in [1.54, 1.807) is 0 Å². The van der Waals surface area contributed by atoms with Crippen LogP contribution in [-0.2, 0) is 0 Å².